The van der Waals surface area contributed by atoms with Gasteiger partial charge in [0.25, 0.3) is 0 Å². The van der Waals surface area contributed by atoms with Crippen molar-refractivity contribution in [2.75, 3.05) is 18.6 Å². The monoisotopic (exact) mass is 323 g/mol. The molecule has 0 saturated heterocycles. The predicted molar refractivity (Wildman–Crippen MR) is 72.4 cm³/mol. The molecular formula is C10H14BrNO2S2. The van der Waals surface area contributed by atoms with Crippen molar-refractivity contribution in [2.24, 2.45) is 0 Å². The summed E-state index contributed by atoms with van der Waals surface area (Å²) in [7, 11) is -3.38. The third-order valence-corrected chi connectivity index (χ3v) is 4.75. The summed E-state index contributed by atoms with van der Waals surface area (Å²) >= 11 is 4.88. The van der Waals surface area contributed by atoms with E-state index < -0.39 is 10.0 Å². The standard InChI is InChI=1S/C10H14BrNO2S2/c1-8-3-4-9(11)7-10(8)16(13,14)12-5-6-15-2/h3-4,7,12H,5-6H2,1-2H3. The van der Waals surface area contributed by atoms with Gasteiger partial charge in [-0.2, -0.15) is 11.8 Å². The van der Waals surface area contributed by atoms with Crippen LogP contribution in [0.25, 0.3) is 0 Å². The fourth-order valence-corrected chi connectivity index (χ4v) is 3.47. The van der Waals surface area contributed by atoms with Crippen molar-refractivity contribution >= 4 is 37.7 Å². The second kappa shape index (κ2) is 6.05. The van der Waals surface area contributed by atoms with Crippen LogP contribution < -0.4 is 4.72 Å². The van der Waals surface area contributed by atoms with E-state index >= 15 is 0 Å². The molecule has 0 radical (unpaired) electrons. The number of benzene rings is 1. The van der Waals surface area contributed by atoms with Gasteiger partial charge in [-0.1, -0.05) is 22.0 Å². The van der Waals surface area contributed by atoms with Gasteiger partial charge in [-0.05, 0) is 30.9 Å². The van der Waals surface area contributed by atoms with Crippen molar-refractivity contribution in [3.05, 3.63) is 28.2 Å². The number of sulfonamides is 1. The third kappa shape index (κ3) is 3.76. The molecule has 0 aromatic heterocycles. The maximum atomic E-state index is 11.9. The van der Waals surface area contributed by atoms with Gasteiger partial charge in [-0.3, -0.25) is 0 Å². The Morgan fingerprint density at radius 2 is 2.12 bits per heavy atom. The number of hydrogen-bond acceptors (Lipinski definition) is 3. The fourth-order valence-electron chi connectivity index (χ4n) is 1.22. The molecule has 0 aliphatic carbocycles. The van der Waals surface area contributed by atoms with Crippen LogP contribution in [-0.2, 0) is 10.0 Å². The van der Waals surface area contributed by atoms with E-state index in [1.807, 2.05) is 12.3 Å². The minimum absolute atomic E-state index is 0.336. The van der Waals surface area contributed by atoms with E-state index in [-0.39, 0.29) is 0 Å². The van der Waals surface area contributed by atoms with Crippen molar-refractivity contribution in [3.8, 4) is 0 Å². The quantitative estimate of drug-likeness (QED) is 0.846. The number of rotatable bonds is 5. The van der Waals surface area contributed by atoms with Gasteiger partial charge in [-0.25, -0.2) is 13.1 Å². The molecule has 0 fully saturated rings. The first kappa shape index (κ1) is 14.0. The first-order valence-electron chi connectivity index (χ1n) is 4.72. The van der Waals surface area contributed by atoms with Crippen molar-refractivity contribution in [1.82, 2.24) is 4.72 Å². The summed E-state index contributed by atoms with van der Waals surface area (Å²) in [5.41, 5.74) is 0.750. The lowest BCUT2D eigenvalue weighted by atomic mass is 10.2. The Bertz CT molecular complexity index is 460. The van der Waals surface area contributed by atoms with Gasteiger partial charge < -0.3 is 0 Å². The first-order chi connectivity index (χ1) is 7.47. The highest BCUT2D eigenvalue weighted by Crippen LogP contribution is 2.20. The van der Waals surface area contributed by atoms with Crippen molar-refractivity contribution in [3.63, 3.8) is 0 Å². The number of thioether (sulfide) groups is 1. The Morgan fingerprint density at radius 1 is 1.44 bits per heavy atom. The average Bonchev–Trinajstić information content (AvgIpc) is 2.22. The van der Waals surface area contributed by atoms with E-state index in [2.05, 4.69) is 20.7 Å². The maximum Gasteiger partial charge on any atom is 0.240 e. The van der Waals surface area contributed by atoms with Crippen LogP contribution in [0, 0.1) is 6.92 Å². The Labute approximate surface area is 109 Å². The highest BCUT2D eigenvalue weighted by Gasteiger charge is 2.16. The van der Waals surface area contributed by atoms with E-state index in [4.69, 9.17) is 0 Å². The summed E-state index contributed by atoms with van der Waals surface area (Å²) in [6.45, 7) is 2.24. The molecule has 1 N–H and O–H groups in total. The van der Waals surface area contributed by atoms with Gasteiger partial charge in [0.2, 0.25) is 10.0 Å². The molecule has 0 unspecified atom stereocenters. The van der Waals surface area contributed by atoms with E-state index in [0.717, 1.165) is 15.8 Å². The fraction of sp³-hybridized carbons (Fsp3) is 0.400. The van der Waals surface area contributed by atoms with Crippen LogP contribution in [0.4, 0.5) is 0 Å². The van der Waals surface area contributed by atoms with Gasteiger partial charge in [0.05, 0.1) is 4.90 Å². The van der Waals surface area contributed by atoms with E-state index in [1.165, 1.54) is 0 Å². The lowest BCUT2D eigenvalue weighted by Gasteiger charge is -2.09. The van der Waals surface area contributed by atoms with Crippen molar-refractivity contribution < 1.29 is 8.42 Å². The molecule has 0 heterocycles. The molecule has 0 saturated carbocycles. The van der Waals surface area contributed by atoms with Crippen LogP contribution in [0.15, 0.2) is 27.6 Å². The highest BCUT2D eigenvalue weighted by molar-refractivity contribution is 9.10. The molecular weight excluding hydrogens is 310 g/mol. The zero-order chi connectivity index (χ0) is 12.2. The molecule has 0 aliphatic heterocycles. The Balaban J connectivity index is 2.93. The summed E-state index contributed by atoms with van der Waals surface area (Å²) in [5.74, 6) is 0.770. The summed E-state index contributed by atoms with van der Waals surface area (Å²) in [6, 6.07) is 5.24. The number of hydrogen-bond donors (Lipinski definition) is 1. The summed E-state index contributed by atoms with van der Waals surface area (Å²) in [5, 5.41) is 0. The summed E-state index contributed by atoms with van der Waals surface area (Å²) in [4.78, 5) is 0.336. The minimum atomic E-state index is -3.38. The van der Waals surface area contributed by atoms with Crippen LogP contribution in [0.2, 0.25) is 0 Å². The number of halogens is 1. The van der Waals surface area contributed by atoms with Gasteiger partial charge in [0.15, 0.2) is 0 Å². The predicted octanol–water partition coefficient (Wildman–Crippen LogP) is 2.40. The lowest BCUT2D eigenvalue weighted by Crippen LogP contribution is -2.26. The molecule has 0 bridgehead atoms. The third-order valence-electron chi connectivity index (χ3n) is 2.04. The first-order valence-corrected chi connectivity index (χ1v) is 8.39. The molecule has 1 rings (SSSR count). The van der Waals surface area contributed by atoms with Gasteiger partial charge in [-0.15, -0.1) is 0 Å². The lowest BCUT2D eigenvalue weighted by molar-refractivity contribution is 0.583. The molecule has 0 spiro atoms. The van der Waals surface area contributed by atoms with Crippen molar-refractivity contribution in [1.29, 1.82) is 0 Å². The molecule has 1 aromatic carbocycles. The van der Waals surface area contributed by atoms with Gasteiger partial charge in [0.1, 0.15) is 0 Å². The number of nitrogens with one attached hydrogen (secondary N) is 1. The zero-order valence-electron chi connectivity index (χ0n) is 9.16. The van der Waals surface area contributed by atoms with Crippen LogP contribution in [0.1, 0.15) is 5.56 Å². The van der Waals surface area contributed by atoms with Crippen LogP contribution in [-0.4, -0.2) is 27.0 Å². The number of aryl methyl sites for hydroxylation is 1. The zero-order valence-corrected chi connectivity index (χ0v) is 12.4. The van der Waals surface area contributed by atoms with Crippen LogP contribution in [0.3, 0.4) is 0 Å². The van der Waals surface area contributed by atoms with E-state index in [1.54, 1.807) is 30.8 Å². The molecule has 0 aliphatic rings. The SMILES string of the molecule is CSCCNS(=O)(=O)c1cc(Br)ccc1C. The van der Waals surface area contributed by atoms with Gasteiger partial charge >= 0.3 is 0 Å². The molecule has 1 aromatic rings. The summed E-state index contributed by atoms with van der Waals surface area (Å²) in [6.07, 6.45) is 1.94. The molecule has 6 heteroatoms. The Morgan fingerprint density at radius 3 is 2.75 bits per heavy atom. The van der Waals surface area contributed by atoms with E-state index in [9.17, 15) is 8.42 Å². The second-order valence-electron chi connectivity index (χ2n) is 3.30. The summed E-state index contributed by atoms with van der Waals surface area (Å²) < 4.78 is 27.2. The molecule has 3 nitrogen and oxygen atoms in total. The van der Waals surface area contributed by atoms with Gasteiger partial charge in [0, 0.05) is 16.8 Å². The van der Waals surface area contributed by atoms with E-state index in [0.29, 0.717) is 11.4 Å². The Kier molecular flexibility index (Phi) is 5.30. The minimum Gasteiger partial charge on any atom is -0.210 e. The normalized spacial score (nSPS) is 11.7. The molecule has 90 valence electrons. The topological polar surface area (TPSA) is 46.2 Å². The van der Waals surface area contributed by atoms with Crippen LogP contribution in [0.5, 0.6) is 0 Å². The maximum absolute atomic E-state index is 11.9. The largest absolute Gasteiger partial charge is 0.240 e. The average molecular weight is 324 g/mol. The second-order valence-corrected chi connectivity index (χ2v) is 6.94. The highest BCUT2D eigenvalue weighted by atomic mass is 79.9. The molecule has 0 atom stereocenters. The Hall–Kier alpha value is -0.0400. The van der Waals surface area contributed by atoms with Crippen molar-refractivity contribution in [2.45, 2.75) is 11.8 Å². The van der Waals surface area contributed by atoms with Crippen LogP contribution >= 0.6 is 27.7 Å². The molecule has 0 amide bonds. The smallest absolute Gasteiger partial charge is 0.210 e. The molecule has 16 heavy (non-hydrogen) atoms.